The number of likely N-dealkylation sites (N-methyl/N-ethyl adjacent to an activating group) is 1. The van der Waals surface area contributed by atoms with Crippen molar-refractivity contribution in [3.63, 3.8) is 0 Å². The van der Waals surface area contributed by atoms with Gasteiger partial charge in [-0.15, -0.1) is 0 Å². The number of hydrogen-bond donors (Lipinski definition) is 1. The Balaban J connectivity index is 2.07. The molecule has 0 aromatic rings. The van der Waals surface area contributed by atoms with Gasteiger partial charge in [-0.3, -0.25) is 4.90 Å². The molecule has 2 nitrogen and oxygen atoms in total. The average molecular weight is 224 g/mol. The summed E-state index contributed by atoms with van der Waals surface area (Å²) in [5, 5.41) is 0. The maximum Gasteiger partial charge on any atom is 0.0356 e. The molecule has 0 bridgehead atoms. The first-order chi connectivity index (χ1) is 7.53. The molecule has 0 radical (unpaired) electrons. The van der Waals surface area contributed by atoms with Crippen molar-refractivity contribution in [1.82, 2.24) is 4.90 Å². The van der Waals surface area contributed by atoms with Crippen molar-refractivity contribution in [2.24, 2.45) is 11.1 Å². The Labute approximate surface area is 101 Å². The van der Waals surface area contributed by atoms with E-state index in [1.165, 1.54) is 44.9 Å². The molecule has 0 saturated heterocycles. The summed E-state index contributed by atoms with van der Waals surface area (Å²) in [6.07, 6.45) is 9.72. The second kappa shape index (κ2) is 4.30. The van der Waals surface area contributed by atoms with E-state index in [0.717, 1.165) is 12.6 Å². The first-order valence-corrected chi connectivity index (χ1v) is 6.96. The van der Waals surface area contributed by atoms with Gasteiger partial charge in [0.1, 0.15) is 0 Å². The van der Waals surface area contributed by atoms with Gasteiger partial charge in [0.05, 0.1) is 0 Å². The van der Waals surface area contributed by atoms with E-state index < -0.39 is 0 Å². The summed E-state index contributed by atoms with van der Waals surface area (Å²) in [6, 6.07) is 0.778. The molecule has 2 aliphatic rings. The molecular weight excluding hydrogens is 196 g/mol. The van der Waals surface area contributed by atoms with Gasteiger partial charge in [-0.05, 0) is 45.1 Å². The zero-order chi connectivity index (χ0) is 11.8. The lowest BCUT2D eigenvalue weighted by Gasteiger charge is -2.48. The molecule has 0 heterocycles. The smallest absolute Gasteiger partial charge is 0.0356 e. The van der Waals surface area contributed by atoms with Crippen LogP contribution in [0.5, 0.6) is 0 Å². The summed E-state index contributed by atoms with van der Waals surface area (Å²) in [5.41, 5.74) is 6.80. The number of nitrogens with two attached hydrogens (primary N) is 1. The van der Waals surface area contributed by atoms with E-state index in [9.17, 15) is 0 Å². The van der Waals surface area contributed by atoms with Gasteiger partial charge in [0.15, 0.2) is 0 Å². The monoisotopic (exact) mass is 224 g/mol. The average Bonchev–Trinajstić information content (AvgIpc) is 3.08. The van der Waals surface area contributed by atoms with Crippen LogP contribution in [0.15, 0.2) is 0 Å². The van der Waals surface area contributed by atoms with Crippen LogP contribution in [0.2, 0.25) is 0 Å². The predicted molar refractivity (Wildman–Crippen MR) is 69.4 cm³/mol. The molecule has 0 aliphatic heterocycles. The van der Waals surface area contributed by atoms with E-state index in [1.807, 2.05) is 0 Å². The molecular formula is C14H28N2. The van der Waals surface area contributed by atoms with Crippen molar-refractivity contribution in [2.75, 3.05) is 13.6 Å². The van der Waals surface area contributed by atoms with Gasteiger partial charge >= 0.3 is 0 Å². The minimum absolute atomic E-state index is 0.217. The summed E-state index contributed by atoms with van der Waals surface area (Å²) in [6.45, 7) is 5.60. The maximum atomic E-state index is 6.10. The Morgan fingerprint density at radius 3 is 2.25 bits per heavy atom. The molecule has 16 heavy (non-hydrogen) atoms. The van der Waals surface area contributed by atoms with Crippen LogP contribution < -0.4 is 5.73 Å². The summed E-state index contributed by atoms with van der Waals surface area (Å²) in [5.74, 6) is 0. The van der Waals surface area contributed by atoms with Crippen LogP contribution in [0, 0.1) is 5.41 Å². The third kappa shape index (κ3) is 1.91. The fraction of sp³-hybridized carbons (Fsp3) is 1.00. The highest BCUT2D eigenvalue weighted by molar-refractivity contribution is 5.10. The topological polar surface area (TPSA) is 29.3 Å². The van der Waals surface area contributed by atoms with Gasteiger partial charge in [0, 0.05) is 18.1 Å². The van der Waals surface area contributed by atoms with Gasteiger partial charge in [-0.1, -0.05) is 26.2 Å². The van der Waals surface area contributed by atoms with Crippen molar-refractivity contribution < 1.29 is 0 Å². The Hall–Kier alpha value is -0.0800. The molecule has 0 aromatic carbocycles. The standard InChI is InChI=1S/C14H28N2/c1-13(9-10-13)14(2,11-15)16(3)12-7-5-4-6-8-12/h12H,4-11,15H2,1-3H3. The molecule has 2 heteroatoms. The highest BCUT2D eigenvalue weighted by Crippen LogP contribution is 2.56. The van der Waals surface area contributed by atoms with Gasteiger partial charge in [0.2, 0.25) is 0 Å². The van der Waals surface area contributed by atoms with Crippen molar-refractivity contribution in [3.05, 3.63) is 0 Å². The van der Waals surface area contributed by atoms with Crippen LogP contribution in [0.25, 0.3) is 0 Å². The second-order valence-electron chi connectivity index (χ2n) is 6.44. The lowest BCUT2D eigenvalue weighted by atomic mass is 9.79. The molecule has 2 aliphatic carbocycles. The summed E-state index contributed by atoms with van der Waals surface area (Å²) >= 11 is 0. The van der Waals surface area contributed by atoms with E-state index in [2.05, 4.69) is 25.8 Å². The first kappa shape index (κ1) is 12.4. The summed E-state index contributed by atoms with van der Waals surface area (Å²) < 4.78 is 0. The first-order valence-electron chi connectivity index (χ1n) is 6.96. The molecule has 94 valence electrons. The normalized spacial score (nSPS) is 29.1. The molecule has 0 amide bonds. The molecule has 2 rings (SSSR count). The molecule has 2 N–H and O–H groups in total. The third-order valence-electron chi connectivity index (χ3n) is 5.60. The van der Waals surface area contributed by atoms with Gasteiger partial charge in [-0.2, -0.15) is 0 Å². The highest BCUT2D eigenvalue weighted by Gasteiger charge is 2.55. The SMILES string of the molecule is CN(C1CCCCC1)C(C)(CN)C1(C)CC1. The van der Waals surface area contributed by atoms with Crippen LogP contribution >= 0.6 is 0 Å². The highest BCUT2D eigenvalue weighted by atomic mass is 15.2. The third-order valence-corrected chi connectivity index (χ3v) is 5.60. The number of rotatable bonds is 4. The van der Waals surface area contributed by atoms with Crippen LogP contribution in [0.3, 0.4) is 0 Å². The predicted octanol–water partition coefficient (Wildman–Crippen LogP) is 2.77. The van der Waals surface area contributed by atoms with Gasteiger partial charge < -0.3 is 5.73 Å². The molecule has 2 saturated carbocycles. The van der Waals surface area contributed by atoms with Crippen LogP contribution in [-0.4, -0.2) is 30.1 Å². The Morgan fingerprint density at radius 2 is 1.81 bits per heavy atom. The number of hydrogen-bond acceptors (Lipinski definition) is 2. The van der Waals surface area contributed by atoms with E-state index in [4.69, 9.17) is 5.73 Å². The summed E-state index contributed by atoms with van der Waals surface area (Å²) in [4.78, 5) is 2.62. The Morgan fingerprint density at radius 1 is 1.25 bits per heavy atom. The van der Waals surface area contributed by atoms with E-state index in [-0.39, 0.29) is 5.54 Å². The minimum atomic E-state index is 0.217. The van der Waals surface area contributed by atoms with Crippen LogP contribution in [-0.2, 0) is 0 Å². The Bertz CT molecular complexity index is 241. The van der Waals surface area contributed by atoms with Gasteiger partial charge in [0.25, 0.3) is 0 Å². The molecule has 1 unspecified atom stereocenters. The molecule has 0 spiro atoms. The lowest BCUT2D eigenvalue weighted by Crippen LogP contribution is -2.59. The van der Waals surface area contributed by atoms with Crippen molar-refractivity contribution in [2.45, 2.75) is 70.4 Å². The maximum absolute atomic E-state index is 6.10. The zero-order valence-electron chi connectivity index (χ0n) is 11.3. The molecule has 0 aromatic heterocycles. The quantitative estimate of drug-likeness (QED) is 0.795. The zero-order valence-corrected chi connectivity index (χ0v) is 11.3. The fourth-order valence-electron chi connectivity index (χ4n) is 3.41. The number of nitrogens with zero attached hydrogens (tertiary/aromatic N) is 1. The lowest BCUT2D eigenvalue weighted by molar-refractivity contribution is 0.0202. The van der Waals surface area contributed by atoms with Crippen LogP contribution in [0.4, 0.5) is 0 Å². The molecule has 1 atom stereocenters. The largest absolute Gasteiger partial charge is 0.329 e. The second-order valence-corrected chi connectivity index (χ2v) is 6.44. The van der Waals surface area contributed by atoms with E-state index in [0.29, 0.717) is 5.41 Å². The van der Waals surface area contributed by atoms with Gasteiger partial charge in [-0.25, -0.2) is 0 Å². The van der Waals surface area contributed by atoms with Crippen LogP contribution in [0.1, 0.15) is 58.8 Å². The minimum Gasteiger partial charge on any atom is -0.329 e. The van der Waals surface area contributed by atoms with E-state index >= 15 is 0 Å². The van der Waals surface area contributed by atoms with Crippen molar-refractivity contribution >= 4 is 0 Å². The van der Waals surface area contributed by atoms with Crippen molar-refractivity contribution in [1.29, 1.82) is 0 Å². The Kier molecular flexibility index (Phi) is 3.33. The summed E-state index contributed by atoms with van der Waals surface area (Å²) in [7, 11) is 2.31. The van der Waals surface area contributed by atoms with Crippen molar-refractivity contribution in [3.8, 4) is 0 Å². The van der Waals surface area contributed by atoms with E-state index in [1.54, 1.807) is 0 Å². The molecule has 2 fully saturated rings. The fourth-order valence-corrected chi connectivity index (χ4v) is 3.41.